The molecule has 0 heterocycles. The summed E-state index contributed by atoms with van der Waals surface area (Å²) in [6.07, 6.45) is 13.2. The molecule has 0 bridgehead atoms. The first-order valence-corrected chi connectivity index (χ1v) is 9.87. The number of hydrogen-bond donors (Lipinski definition) is 0. The van der Waals surface area contributed by atoms with E-state index in [0.29, 0.717) is 11.3 Å². The van der Waals surface area contributed by atoms with E-state index < -0.39 is 6.19 Å². The van der Waals surface area contributed by atoms with Gasteiger partial charge in [-0.15, -0.1) is 0 Å². The predicted molar refractivity (Wildman–Crippen MR) is 77.0 cm³/mol. The van der Waals surface area contributed by atoms with Crippen molar-refractivity contribution >= 4 is 18.0 Å². The van der Waals surface area contributed by atoms with Gasteiger partial charge in [-0.3, -0.25) is 0 Å². The topological polar surface area (TPSA) is 37.9 Å². The second-order valence-corrected chi connectivity index (χ2v) is 10.2. The summed E-state index contributed by atoms with van der Waals surface area (Å²) in [5.41, 5.74) is 1.18. The Morgan fingerprint density at radius 2 is 1.28 bits per heavy atom. The van der Waals surface area contributed by atoms with Crippen LogP contribution in [0.5, 0.6) is 0 Å². The van der Waals surface area contributed by atoms with Gasteiger partial charge in [-0.1, -0.05) is 56.5 Å². The summed E-state index contributed by atoms with van der Waals surface area (Å²) < 4.78 is 0. The van der Waals surface area contributed by atoms with Crippen LogP contribution in [0.4, 0.5) is 0 Å². The Bertz CT molecular complexity index is 308. The molecular weight excluding hydrogens is 270 g/mol. The van der Waals surface area contributed by atoms with Gasteiger partial charge >= 0.3 is 29.6 Å². The number of nitrogens with zero attached hydrogens (tertiary/aromatic N) is 2. The summed E-state index contributed by atoms with van der Waals surface area (Å²) >= 11 is 5.96. The minimum Gasteiger partial charge on any atom is -0.494 e. The largest absolute Gasteiger partial charge is 1.00 e. The Morgan fingerprint density at radius 3 is 1.61 bits per heavy atom. The molecule has 0 unspecified atom stereocenters. The van der Waals surface area contributed by atoms with Crippen LogP contribution >= 0.6 is 6.19 Å². The Kier molecular flexibility index (Phi) is 7.81. The van der Waals surface area contributed by atoms with E-state index >= 15 is 0 Å². The molecule has 18 heavy (non-hydrogen) atoms. The molecule has 0 spiro atoms. The summed E-state index contributed by atoms with van der Waals surface area (Å²) in [6, 6.07) is 0. The summed E-state index contributed by atoms with van der Waals surface area (Å²) in [7, 11) is 0. The summed E-state index contributed by atoms with van der Waals surface area (Å²) in [5, 5.41) is 13.3. The molecule has 0 aliphatic heterocycles. The monoisotopic (exact) mass is 292 g/mol. The Balaban J connectivity index is 0.00000162. The van der Waals surface area contributed by atoms with Gasteiger partial charge in [0.1, 0.15) is 0 Å². The van der Waals surface area contributed by atoms with Crippen molar-refractivity contribution in [3.63, 3.8) is 0 Å². The molecule has 96 valence electrons. The quantitative estimate of drug-likeness (QED) is 0.453. The van der Waals surface area contributed by atoms with Crippen molar-refractivity contribution in [1.29, 1.82) is 5.26 Å². The first-order valence-electron chi connectivity index (χ1n) is 6.98. The Morgan fingerprint density at radius 1 is 0.889 bits per heavy atom. The SMILES string of the molecule is N#C[N-]P(=S)(C1CCCCC1)C1CCCCC1.[Na+]. The second kappa shape index (κ2) is 8.28. The van der Waals surface area contributed by atoms with Gasteiger partial charge in [0.2, 0.25) is 0 Å². The third-order valence-corrected chi connectivity index (χ3v) is 9.96. The van der Waals surface area contributed by atoms with Crippen molar-refractivity contribution in [2.45, 2.75) is 75.5 Å². The van der Waals surface area contributed by atoms with Crippen LogP contribution < -0.4 is 29.6 Å². The van der Waals surface area contributed by atoms with Gasteiger partial charge in [-0.05, 0) is 43.2 Å². The molecule has 0 amide bonds. The van der Waals surface area contributed by atoms with Crippen molar-refractivity contribution < 1.29 is 29.6 Å². The average Bonchev–Trinajstić information content (AvgIpc) is 2.41. The van der Waals surface area contributed by atoms with Crippen molar-refractivity contribution in [3.05, 3.63) is 5.09 Å². The molecule has 2 rings (SSSR count). The molecule has 2 fully saturated rings. The van der Waals surface area contributed by atoms with Gasteiger partial charge in [-0.25, -0.2) is 0 Å². The van der Waals surface area contributed by atoms with E-state index in [2.05, 4.69) is 11.3 Å². The molecule has 0 atom stereocenters. The van der Waals surface area contributed by atoms with Crippen molar-refractivity contribution in [3.8, 4) is 6.19 Å². The van der Waals surface area contributed by atoms with Crippen LogP contribution in [0.1, 0.15) is 64.2 Å². The summed E-state index contributed by atoms with van der Waals surface area (Å²) in [5.74, 6) is 0. The van der Waals surface area contributed by atoms with E-state index in [1.54, 1.807) is 0 Å². The van der Waals surface area contributed by atoms with Gasteiger partial charge in [0.15, 0.2) is 0 Å². The van der Waals surface area contributed by atoms with Crippen LogP contribution in [0.3, 0.4) is 0 Å². The molecule has 0 N–H and O–H groups in total. The molecule has 2 aliphatic rings. The van der Waals surface area contributed by atoms with Crippen LogP contribution in [0, 0.1) is 11.5 Å². The van der Waals surface area contributed by atoms with Crippen molar-refractivity contribution in [1.82, 2.24) is 0 Å². The van der Waals surface area contributed by atoms with Crippen molar-refractivity contribution in [2.75, 3.05) is 0 Å². The molecule has 2 aliphatic carbocycles. The Hall–Kier alpha value is 0.940. The fourth-order valence-electron chi connectivity index (χ4n) is 3.43. The third-order valence-electron chi connectivity index (χ3n) is 4.40. The Labute approximate surface area is 139 Å². The van der Waals surface area contributed by atoms with Gasteiger partial charge in [-0.2, -0.15) is 0 Å². The fourth-order valence-corrected chi connectivity index (χ4v) is 8.08. The first-order chi connectivity index (χ1) is 8.27. The maximum atomic E-state index is 9.01. The normalized spacial score (nSPS) is 22.8. The minimum atomic E-state index is -1.77. The molecule has 0 aromatic rings. The fraction of sp³-hybridized carbons (Fsp3) is 0.923. The minimum absolute atomic E-state index is 0. The van der Waals surface area contributed by atoms with E-state index in [4.69, 9.17) is 17.1 Å². The molecule has 2 nitrogen and oxygen atoms in total. The maximum Gasteiger partial charge on any atom is 1.00 e. The van der Waals surface area contributed by atoms with Crippen LogP contribution in [-0.2, 0) is 11.8 Å². The zero-order valence-electron chi connectivity index (χ0n) is 11.5. The van der Waals surface area contributed by atoms with E-state index in [-0.39, 0.29) is 29.6 Å². The summed E-state index contributed by atoms with van der Waals surface area (Å²) in [6.45, 7) is 0. The van der Waals surface area contributed by atoms with E-state index in [0.717, 1.165) is 0 Å². The molecule has 0 aromatic carbocycles. The first kappa shape index (κ1) is 17.0. The standard InChI is InChI=1S/C13H22N2PS.Na/c14-11-15-16(17,12-7-3-1-4-8-12)13-9-5-2-6-10-13;/h12-13H,1-10H2;/q-1;+1. The van der Waals surface area contributed by atoms with Gasteiger partial charge in [0.25, 0.3) is 0 Å². The maximum absolute atomic E-state index is 9.01. The van der Waals surface area contributed by atoms with Crippen molar-refractivity contribution in [2.24, 2.45) is 0 Å². The summed E-state index contributed by atoms with van der Waals surface area (Å²) in [4.78, 5) is 0. The second-order valence-electron chi connectivity index (χ2n) is 5.46. The average molecular weight is 292 g/mol. The smallest absolute Gasteiger partial charge is 0.494 e. The molecule has 0 aromatic heterocycles. The van der Waals surface area contributed by atoms with E-state index in [1.165, 1.54) is 64.2 Å². The molecule has 5 heteroatoms. The third kappa shape index (κ3) is 3.97. The van der Waals surface area contributed by atoms with Crippen LogP contribution in [0.2, 0.25) is 0 Å². The van der Waals surface area contributed by atoms with Gasteiger partial charge < -0.3 is 10.3 Å². The van der Waals surface area contributed by atoms with E-state index in [9.17, 15) is 0 Å². The zero-order valence-corrected chi connectivity index (χ0v) is 15.2. The van der Waals surface area contributed by atoms with Crippen LogP contribution in [0.15, 0.2) is 0 Å². The zero-order chi connectivity index (χ0) is 12.1. The molecular formula is C13H22N2NaPS. The van der Waals surface area contributed by atoms with Gasteiger partial charge in [0, 0.05) is 0 Å². The number of hydrogen-bond acceptors (Lipinski definition) is 2. The van der Waals surface area contributed by atoms with Gasteiger partial charge in [0.05, 0.1) is 0 Å². The number of nitriles is 1. The van der Waals surface area contributed by atoms with Crippen LogP contribution in [0.25, 0.3) is 5.09 Å². The molecule has 0 saturated heterocycles. The van der Waals surface area contributed by atoms with E-state index in [1.807, 2.05) is 0 Å². The van der Waals surface area contributed by atoms with Crippen LogP contribution in [-0.4, -0.2) is 11.3 Å². The molecule has 0 radical (unpaired) electrons. The number of rotatable bonds is 3. The molecule has 2 saturated carbocycles. The predicted octanol–water partition coefficient (Wildman–Crippen LogP) is 1.91.